The van der Waals surface area contributed by atoms with Crippen molar-refractivity contribution < 1.29 is 9.18 Å². The van der Waals surface area contributed by atoms with E-state index in [1.54, 1.807) is 29.7 Å². The molecule has 0 radical (unpaired) electrons. The van der Waals surface area contributed by atoms with Crippen LogP contribution in [0.5, 0.6) is 0 Å². The standard InChI is InChI=1S/C18H15FN2OS2/c19-14-8-6-13(7-9-14)18(15-4-3-11-23-15)21-16(22)12-24-17-5-1-2-10-20-17/h1-11,18H,12H2,(H,21,22). The Labute approximate surface area is 148 Å². The van der Waals surface area contributed by atoms with Gasteiger partial charge >= 0.3 is 0 Å². The predicted molar refractivity (Wildman–Crippen MR) is 95.7 cm³/mol. The molecule has 0 fully saturated rings. The average molecular weight is 358 g/mol. The van der Waals surface area contributed by atoms with Gasteiger partial charge in [-0.05, 0) is 41.3 Å². The first kappa shape index (κ1) is 16.7. The molecule has 0 aliphatic carbocycles. The van der Waals surface area contributed by atoms with Gasteiger partial charge in [0.15, 0.2) is 0 Å². The maximum Gasteiger partial charge on any atom is 0.231 e. The number of nitrogens with zero attached hydrogens (tertiary/aromatic N) is 1. The predicted octanol–water partition coefficient (Wildman–Crippen LogP) is 4.28. The number of thiophene rings is 1. The van der Waals surface area contributed by atoms with E-state index in [9.17, 15) is 9.18 Å². The molecular formula is C18H15FN2OS2. The van der Waals surface area contributed by atoms with E-state index in [0.29, 0.717) is 0 Å². The zero-order valence-electron chi connectivity index (χ0n) is 12.7. The zero-order valence-corrected chi connectivity index (χ0v) is 14.3. The number of halogens is 1. The maximum absolute atomic E-state index is 13.2. The molecule has 1 unspecified atom stereocenters. The fourth-order valence-corrected chi connectivity index (χ4v) is 3.68. The molecule has 1 N–H and O–H groups in total. The number of benzene rings is 1. The lowest BCUT2D eigenvalue weighted by molar-refractivity contribution is -0.119. The fourth-order valence-electron chi connectivity index (χ4n) is 2.20. The van der Waals surface area contributed by atoms with E-state index >= 15 is 0 Å². The molecule has 24 heavy (non-hydrogen) atoms. The molecule has 3 aromatic rings. The molecule has 1 amide bonds. The lowest BCUT2D eigenvalue weighted by Gasteiger charge is -2.18. The molecule has 0 aliphatic heterocycles. The normalized spacial score (nSPS) is 11.9. The molecular weight excluding hydrogens is 343 g/mol. The summed E-state index contributed by atoms with van der Waals surface area (Å²) in [5.74, 6) is -0.103. The van der Waals surface area contributed by atoms with E-state index in [-0.39, 0.29) is 23.5 Å². The van der Waals surface area contributed by atoms with E-state index in [1.165, 1.54) is 23.9 Å². The Morgan fingerprint density at radius 2 is 2.00 bits per heavy atom. The minimum absolute atomic E-state index is 0.0895. The number of hydrogen-bond donors (Lipinski definition) is 1. The second kappa shape index (κ2) is 8.08. The molecule has 0 spiro atoms. The average Bonchev–Trinajstić information content (AvgIpc) is 3.14. The third-order valence-corrected chi connectivity index (χ3v) is 5.21. The van der Waals surface area contributed by atoms with Gasteiger partial charge in [0.2, 0.25) is 5.91 Å². The molecule has 0 aliphatic rings. The van der Waals surface area contributed by atoms with Crippen LogP contribution in [0.15, 0.2) is 71.2 Å². The zero-order chi connectivity index (χ0) is 16.8. The monoisotopic (exact) mass is 358 g/mol. The summed E-state index contributed by atoms with van der Waals surface area (Å²) < 4.78 is 13.2. The molecule has 3 nitrogen and oxygen atoms in total. The third-order valence-electron chi connectivity index (χ3n) is 3.33. The molecule has 0 saturated heterocycles. The van der Waals surface area contributed by atoms with E-state index in [0.717, 1.165) is 15.5 Å². The number of rotatable bonds is 6. The first-order valence-corrected chi connectivity index (χ1v) is 9.21. The molecule has 0 bridgehead atoms. The van der Waals surface area contributed by atoms with E-state index < -0.39 is 0 Å². The van der Waals surface area contributed by atoms with Crippen molar-refractivity contribution in [1.29, 1.82) is 0 Å². The minimum atomic E-state index is -0.291. The van der Waals surface area contributed by atoms with Crippen molar-refractivity contribution in [3.63, 3.8) is 0 Å². The van der Waals surface area contributed by atoms with E-state index in [1.807, 2.05) is 35.7 Å². The largest absolute Gasteiger partial charge is 0.344 e. The van der Waals surface area contributed by atoms with E-state index in [2.05, 4.69) is 10.3 Å². The summed E-state index contributed by atoms with van der Waals surface area (Å²) in [6, 6.07) is 15.4. The fraction of sp³-hybridized carbons (Fsp3) is 0.111. The van der Waals surface area contributed by atoms with Crippen molar-refractivity contribution in [2.75, 3.05) is 5.75 Å². The lowest BCUT2D eigenvalue weighted by atomic mass is 10.1. The van der Waals surface area contributed by atoms with Crippen LogP contribution in [0.4, 0.5) is 4.39 Å². The molecule has 122 valence electrons. The number of nitrogens with one attached hydrogen (secondary N) is 1. The topological polar surface area (TPSA) is 42.0 Å². The van der Waals surface area contributed by atoms with Crippen LogP contribution < -0.4 is 5.32 Å². The quantitative estimate of drug-likeness (QED) is 0.669. The van der Waals surface area contributed by atoms with Gasteiger partial charge in [-0.25, -0.2) is 9.37 Å². The van der Waals surface area contributed by atoms with Crippen LogP contribution in [0.1, 0.15) is 16.5 Å². The number of pyridine rings is 1. The minimum Gasteiger partial charge on any atom is -0.344 e. The van der Waals surface area contributed by atoms with Gasteiger partial charge in [0, 0.05) is 11.1 Å². The Bertz CT molecular complexity index is 777. The summed E-state index contributed by atoms with van der Waals surface area (Å²) in [5, 5.41) is 5.79. The Kier molecular flexibility index (Phi) is 5.61. The first-order chi connectivity index (χ1) is 11.7. The van der Waals surface area contributed by atoms with E-state index in [4.69, 9.17) is 0 Å². The Hall–Kier alpha value is -2.18. The summed E-state index contributed by atoms with van der Waals surface area (Å²) in [4.78, 5) is 17.5. The summed E-state index contributed by atoms with van der Waals surface area (Å²) in [7, 11) is 0. The van der Waals surface area contributed by atoms with Gasteiger partial charge in [-0.2, -0.15) is 0 Å². The summed E-state index contributed by atoms with van der Waals surface area (Å²) >= 11 is 2.94. The number of aromatic nitrogens is 1. The van der Waals surface area contributed by atoms with Crippen LogP contribution in [0.25, 0.3) is 0 Å². The SMILES string of the molecule is O=C(CSc1ccccn1)NC(c1ccc(F)cc1)c1cccs1. The highest BCUT2D eigenvalue weighted by Gasteiger charge is 2.18. The number of carbonyl (C=O) groups is 1. The van der Waals surface area contributed by atoms with Gasteiger partial charge in [-0.1, -0.05) is 36.0 Å². The smallest absolute Gasteiger partial charge is 0.231 e. The molecule has 2 heterocycles. The van der Waals surface area contributed by atoms with Crippen molar-refractivity contribution in [1.82, 2.24) is 10.3 Å². The molecule has 3 rings (SSSR count). The van der Waals surface area contributed by atoms with Crippen LogP contribution in [0.2, 0.25) is 0 Å². The van der Waals surface area contributed by atoms with Crippen molar-refractivity contribution in [2.24, 2.45) is 0 Å². The van der Waals surface area contributed by atoms with Crippen LogP contribution in [0, 0.1) is 5.82 Å². The summed E-state index contributed by atoms with van der Waals surface area (Å²) in [6.45, 7) is 0. The van der Waals surface area contributed by atoms with Crippen molar-refractivity contribution in [3.05, 3.63) is 82.4 Å². The van der Waals surface area contributed by atoms with Gasteiger partial charge in [-0.15, -0.1) is 11.3 Å². The third kappa shape index (κ3) is 4.43. The lowest BCUT2D eigenvalue weighted by Crippen LogP contribution is -2.30. The molecule has 6 heteroatoms. The number of carbonyl (C=O) groups excluding carboxylic acids is 1. The summed E-state index contributed by atoms with van der Waals surface area (Å²) in [5.41, 5.74) is 0.857. The molecule has 0 saturated carbocycles. The van der Waals surface area contributed by atoms with Crippen LogP contribution >= 0.6 is 23.1 Å². The molecule has 1 atom stereocenters. The Balaban J connectivity index is 1.70. The van der Waals surface area contributed by atoms with Gasteiger partial charge in [-0.3, -0.25) is 4.79 Å². The Morgan fingerprint density at radius 3 is 2.67 bits per heavy atom. The first-order valence-electron chi connectivity index (χ1n) is 7.34. The number of amides is 1. The molecule has 2 aromatic heterocycles. The molecule has 1 aromatic carbocycles. The maximum atomic E-state index is 13.2. The van der Waals surface area contributed by atoms with Gasteiger partial charge in [0.1, 0.15) is 5.82 Å². The highest BCUT2D eigenvalue weighted by Crippen LogP contribution is 2.26. The number of hydrogen-bond acceptors (Lipinski definition) is 4. The highest BCUT2D eigenvalue weighted by molar-refractivity contribution is 7.99. The second-order valence-corrected chi connectivity index (χ2v) is 7.00. The van der Waals surface area contributed by atoms with Crippen LogP contribution in [-0.2, 0) is 4.79 Å². The second-order valence-electron chi connectivity index (χ2n) is 5.02. The van der Waals surface area contributed by atoms with Crippen LogP contribution in [0.3, 0.4) is 0 Å². The van der Waals surface area contributed by atoms with Crippen molar-refractivity contribution >= 4 is 29.0 Å². The van der Waals surface area contributed by atoms with Gasteiger partial charge in [0.05, 0.1) is 16.8 Å². The highest BCUT2D eigenvalue weighted by atomic mass is 32.2. The van der Waals surface area contributed by atoms with Gasteiger partial charge in [0.25, 0.3) is 0 Å². The van der Waals surface area contributed by atoms with Crippen LogP contribution in [-0.4, -0.2) is 16.6 Å². The summed E-state index contributed by atoms with van der Waals surface area (Å²) in [6.07, 6.45) is 1.70. The Morgan fingerprint density at radius 1 is 1.17 bits per heavy atom. The number of thioether (sulfide) groups is 1. The van der Waals surface area contributed by atoms with Gasteiger partial charge < -0.3 is 5.32 Å². The van der Waals surface area contributed by atoms with Crippen molar-refractivity contribution in [3.8, 4) is 0 Å². The van der Waals surface area contributed by atoms with Crippen molar-refractivity contribution in [2.45, 2.75) is 11.1 Å².